The molecule has 3 rings (SSSR count). The van der Waals surface area contributed by atoms with Crippen molar-refractivity contribution in [2.24, 2.45) is 0 Å². The molecule has 26 heavy (non-hydrogen) atoms. The molecule has 0 amide bonds. The second kappa shape index (κ2) is 7.16. The molecule has 0 atom stereocenters. The van der Waals surface area contributed by atoms with Gasteiger partial charge in [0.2, 0.25) is 0 Å². The summed E-state index contributed by atoms with van der Waals surface area (Å²) in [6, 6.07) is 10.6. The number of hydrogen-bond donors (Lipinski definition) is 1. The first-order chi connectivity index (χ1) is 12.3. The van der Waals surface area contributed by atoms with E-state index in [0.29, 0.717) is 13.2 Å². The number of benzene rings is 2. The van der Waals surface area contributed by atoms with Crippen LogP contribution in [0.5, 0.6) is 0 Å². The molecule has 1 aliphatic rings. The number of hydrogen-bond acceptors (Lipinski definition) is 4. The van der Waals surface area contributed by atoms with Crippen molar-refractivity contribution < 1.29 is 26.3 Å². The van der Waals surface area contributed by atoms with Crippen LogP contribution >= 0.6 is 0 Å². The number of nitrogens with one attached hydrogen (secondary N) is 1. The normalized spacial score (nSPS) is 15.7. The molecule has 0 aliphatic carbocycles. The molecule has 1 saturated heterocycles. The monoisotopic (exact) mass is 386 g/mol. The van der Waals surface area contributed by atoms with Crippen LogP contribution in [0.25, 0.3) is 0 Å². The van der Waals surface area contributed by atoms with Crippen LogP contribution in [-0.2, 0) is 20.9 Å². The van der Waals surface area contributed by atoms with Crippen LogP contribution in [0.15, 0.2) is 53.4 Å². The summed E-state index contributed by atoms with van der Waals surface area (Å²) in [6.45, 7) is 2.68. The molecule has 0 spiro atoms. The van der Waals surface area contributed by atoms with Crippen molar-refractivity contribution in [2.45, 2.75) is 11.1 Å². The standard InChI is InChI=1S/C17H17F3N2O3S/c18-17(19,20)15-3-1-2-4-16(15)26(23,24)21-13-5-7-14(8-6-13)22-9-11-25-12-10-22/h1-8,21H,9-12H2. The number of rotatable bonds is 4. The van der Waals surface area contributed by atoms with E-state index in [4.69, 9.17) is 4.74 Å². The van der Waals surface area contributed by atoms with Crippen LogP contribution in [-0.4, -0.2) is 34.7 Å². The van der Waals surface area contributed by atoms with E-state index < -0.39 is 26.7 Å². The first kappa shape index (κ1) is 18.5. The van der Waals surface area contributed by atoms with Crippen molar-refractivity contribution in [3.8, 4) is 0 Å². The summed E-state index contributed by atoms with van der Waals surface area (Å²) in [6.07, 6.45) is -4.76. The molecule has 1 N–H and O–H groups in total. The number of sulfonamides is 1. The lowest BCUT2D eigenvalue weighted by Crippen LogP contribution is -2.36. The Morgan fingerprint density at radius 2 is 1.58 bits per heavy atom. The second-order valence-electron chi connectivity index (χ2n) is 5.75. The SMILES string of the molecule is O=S(=O)(Nc1ccc(N2CCOCC2)cc1)c1ccccc1C(F)(F)F. The van der Waals surface area contributed by atoms with Gasteiger partial charge in [0.1, 0.15) is 0 Å². The van der Waals surface area contributed by atoms with Crippen LogP contribution < -0.4 is 9.62 Å². The molecule has 0 radical (unpaired) electrons. The van der Waals surface area contributed by atoms with Crippen LogP contribution in [0.4, 0.5) is 24.5 Å². The minimum atomic E-state index is -4.76. The fourth-order valence-corrected chi connectivity index (χ4v) is 3.99. The van der Waals surface area contributed by atoms with E-state index in [1.165, 1.54) is 18.2 Å². The van der Waals surface area contributed by atoms with E-state index in [1.54, 1.807) is 12.1 Å². The predicted molar refractivity (Wildman–Crippen MR) is 91.7 cm³/mol. The van der Waals surface area contributed by atoms with Crippen molar-refractivity contribution in [3.63, 3.8) is 0 Å². The van der Waals surface area contributed by atoms with Crippen molar-refractivity contribution in [1.29, 1.82) is 0 Å². The molecule has 0 saturated carbocycles. The van der Waals surface area contributed by atoms with Gasteiger partial charge in [-0.05, 0) is 36.4 Å². The van der Waals surface area contributed by atoms with E-state index in [1.807, 2.05) is 0 Å². The number of nitrogens with zero attached hydrogens (tertiary/aromatic N) is 1. The van der Waals surface area contributed by atoms with Gasteiger partial charge in [-0.25, -0.2) is 8.42 Å². The fourth-order valence-electron chi connectivity index (χ4n) is 2.71. The average molecular weight is 386 g/mol. The first-order valence-electron chi connectivity index (χ1n) is 7.89. The average Bonchev–Trinajstić information content (AvgIpc) is 2.62. The number of anilines is 2. The fraction of sp³-hybridized carbons (Fsp3) is 0.294. The summed E-state index contributed by atoms with van der Waals surface area (Å²) in [4.78, 5) is 1.28. The third kappa shape index (κ3) is 4.10. The number of ether oxygens (including phenoxy) is 1. The Hall–Kier alpha value is -2.26. The van der Waals surface area contributed by atoms with E-state index >= 15 is 0 Å². The van der Waals surface area contributed by atoms with Gasteiger partial charge in [-0.2, -0.15) is 13.2 Å². The van der Waals surface area contributed by atoms with E-state index in [2.05, 4.69) is 9.62 Å². The molecule has 1 aliphatic heterocycles. The summed E-state index contributed by atoms with van der Waals surface area (Å²) in [5.41, 5.74) is -0.108. The maximum atomic E-state index is 13.1. The zero-order valence-electron chi connectivity index (χ0n) is 13.7. The molecular formula is C17H17F3N2O3S. The Labute approximate surface area is 149 Å². The summed E-state index contributed by atoms with van der Waals surface area (Å²) in [7, 11) is -4.37. The van der Waals surface area contributed by atoms with Gasteiger partial charge in [-0.3, -0.25) is 4.72 Å². The van der Waals surface area contributed by atoms with E-state index in [9.17, 15) is 21.6 Å². The molecule has 0 unspecified atom stereocenters. The topological polar surface area (TPSA) is 58.6 Å². The highest BCUT2D eigenvalue weighted by molar-refractivity contribution is 7.92. The summed E-state index contributed by atoms with van der Waals surface area (Å²) in [5.74, 6) is 0. The number of morpholine rings is 1. The second-order valence-corrected chi connectivity index (χ2v) is 7.40. The highest BCUT2D eigenvalue weighted by atomic mass is 32.2. The lowest BCUT2D eigenvalue weighted by Gasteiger charge is -2.28. The molecule has 1 fully saturated rings. The maximum absolute atomic E-state index is 13.1. The van der Waals surface area contributed by atoms with Gasteiger partial charge in [-0.15, -0.1) is 0 Å². The molecule has 1 heterocycles. The summed E-state index contributed by atoms with van der Waals surface area (Å²) < 4.78 is 71.5. The van der Waals surface area contributed by atoms with Gasteiger partial charge in [0.05, 0.1) is 23.7 Å². The van der Waals surface area contributed by atoms with Crippen LogP contribution in [0.2, 0.25) is 0 Å². The van der Waals surface area contributed by atoms with E-state index in [-0.39, 0.29) is 5.69 Å². The van der Waals surface area contributed by atoms with Crippen molar-refractivity contribution >= 4 is 21.4 Å². The Balaban J connectivity index is 1.82. The van der Waals surface area contributed by atoms with Crippen LogP contribution in [0.1, 0.15) is 5.56 Å². The molecule has 2 aromatic carbocycles. The highest BCUT2D eigenvalue weighted by Crippen LogP contribution is 2.34. The van der Waals surface area contributed by atoms with Crippen LogP contribution in [0.3, 0.4) is 0 Å². The summed E-state index contributed by atoms with van der Waals surface area (Å²) in [5, 5.41) is 0. The first-order valence-corrected chi connectivity index (χ1v) is 9.37. The quantitative estimate of drug-likeness (QED) is 0.876. The Morgan fingerprint density at radius 3 is 2.19 bits per heavy atom. The van der Waals surface area contributed by atoms with E-state index in [0.717, 1.165) is 37.0 Å². The Morgan fingerprint density at radius 1 is 0.962 bits per heavy atom. The molecule has 2 aromatic rings. The van der Waals surface area contributed by atoms with Crippen molar-refractivity contribution in [2.75, 3.05) is 35.9 Å². The molecular weight excluding hydrogens is 369 g/mol. The zero-order chi connectivity index (χ0) is 18.8. The molecule has 140 valence electrons. The largest absolute Gasteiger partial charge is 0.417 e. The third-order valence-corrected chi connectivity index (χ3v) is 5.42. The van der Waals surface area contributed by atoms with Crippen molar-refractivity contribution in [1.82, 2.24) is 0 Å². The summed E-state index contributed by atoms with van der Waals surface area (Å²) >= 11 is 0. The molecule has 5 nitrogen and oxygen atoms in total. The lowest BCUT2D eigenvalue weighted by molar-refractivity contribution is -0.139. The number of halogens is 3. The smallest absolute Gasteiger partial charge is 0.378 e. The van der Waals surface area contributed by atoms with Gasteiger partial charge in [0.25, 0.3) is 10.0 Å². The van der Waals surface area contributed by atoms with Gasteiger partial charge in [-0.1, -0.05) is 12.1 Å². The molecule has 9 heteroatoms. The molecule has 0 bridgehead atoms. The number of alkyl halides is 3. The van der Waals surface area contributed by atoms with Gasteiger partial charge < -0.3 is 9.64 Å². The predicted octanol–water partition coefficient (Wildman–Crippen LogP) is 3.34. The van der Waals surface area contributed by atoms with Crippen molar-refractivity contribution in [3.05, 3.63) is 54.1 Å². The van der Waals surface area contributed by atoms with Gasteiger partial charge >= 0.3 is 6.18 Å². The zero-order valence-corrected chi connectivity index (χ0v) is 14.5. The Kier molecular flexibility index (Phi) is 5.10. The minimum Gasteiger partial charge on any atom is -0.378 e. The minimum absolute atomic E-state index is 0.194. The Bertz CT molecular complexity index is 862. The highest BCUT2D eigenvalue weighted by Gasteiger charge is 2.36. The molecule has 0 aromatic heterocycles. The maximum Gasteiger partial charge on any atom is 0.417 e. The van der Waals surface area contributed by atoms with Gasteiger partial charge in [0.15, 0.2) is 0 Å². The van der Waals surface area contributed by atoms with Crippen LogP contribution in [0, 0.1) is 0 Å². The third-order valence-electron chi connectivity index (χ3n) is 3.98. The lowest BCUT2D eigenvalue weighted by atomic mass is 10.2. The van der Waals surface area contributed by atoms with Gasteiger partial charge in [0, 0.05) is 24.5 Å².